The van der Waals surface area contributed by atoms with E-state index in [1.165, 1.54) is 0 Å². The average molecular weight is 160 g/mol. The molecular weight excluding hydrogens is 144 g/mol. The molecule has 1 heterocycles. The van der Waals surface area contributed by atoms with E-state index in [0.717, 1.165) is 12.8 Å². The molecule has 0 aliphatic carbocycles. The van der Waals surface area contributed by atoms with Gasteiger partial charge in [0.25, 0.3) is 0 Å². The molecule has 66 valence electrons. The lowest BCUT2D eigenvalue weighted by Crippen LogP contribution is -2.18. The monoisotopic (exact) mass is 160 g/mol. The second-order valence-electron chi connectivity index (χ2n) is 2.87. The standard InChI is InChI=1S/C8H16O3/c1-9-5-7-3-4-8(11-7)6-10-2/h7-8H,3-6H2,1-2H3/t7-,8-/m0/s1. The van der Waals surface area contributed by atoms with Gasteiger partial charge in [0.2, 0.25) is 0 Å². The highest BCUT2D eigenvalue weighted by Crippen LogP contribution is 2.19. The summed E-state index contributed by atoms with van der Waals surface area (Å²) in [4.78, 5) is 0. The molecule has 0 N–H and O–H groups in total. The highest BCUT2D eigenvalue weighted by Gasteiger charge is 2.24. The molecule has 0 aromatic rings. The van der Waals surface area contributed by atoms with Crippen molar-refractivity contribution in [3.63, 3.8) is 0 Å². The Balaban J connectivity index is 2.12. The Labute approximate surface area is 67.6 Å². The third-order valence-corrected chi connectivity index (χ3v) is 1.90. The lowest BCUT2D eigenvalue weighted by Gasteiger charge is -2.11. The second kappa shape index (κ2) is 4.70. The van der Waals surface area contributed by atoms with Crippen molar-refractivity contribution >= 4 is 0 Å². The smallest absolute Gasteiger partial charge is 0.0814 e. The Morgan fingerprint density at radius 1 is 1.09 bits per heavy atom. The van der Waals surface area contributed by atoms with Gasteiger partial charge in [-0.2, -0.15) is 0 Å². The minimum Gasteiger partial charge on any atom is -0.382 e. The SMILES string of the molecule is COC[C@@H]1CC[C@@H](COC)O1. The predicted octanol–water partition coefficient (Wildman–Crippen LogP) is 0.827. The van der Waals surface area contributed by atoms with Gasteiger partial charge in [-0.25, -0.2) is 0 Å². The maximum absolute atomic E-state index is 5.59. The molecule has 0 saturated carbocycles. The molecule has 1 aliphatic heterocycles. The molecule has 0 aromatic heterocycles. The van der Waals surface area contributed by atoms with Crippen LogP contribution >= 0.6 is 0 Å². The van der Waals surface area contributed by atoms with E-state index in [2.05, 4.69) is 0 Å². The topological polar surface area (TPSA) is 27.7 Å². The van der Waals surface area contributed by atoms with E-state index in [1.54, 1.807) is 14.2 Å². The number of ether oxygens (including phenoxy) is 3. The van der Waals surface area contributed by atoms with E-state index < -0.39 is 0 Å². The molecule has 11 heavy (non-hydrogen) atoms. The number of rotatable bonds is 4. The van der Waals surface area contributed by atoms with Crippen molar-refractivity contribution in [1.82, 2.24) is 0 Å². The molecule has 1 fully saturated rings. The van der Waals surface area contributed by atoms with Gasteiger partial charge in [-0.15, -0.1) is 0 Å². The summed E-state index contributed by atoms with van der Waals surface area (Å²) in [5.74, 6) is 0. The first-order valence-electron chi connectivity index (χ1n) is 4.00. The molecular formula is C8H16O3. The maximum Gasteiger partial charge on any atom is 0.0814 e. The van der Waals surface area contributed by atoms with Crippen LogP contribution in [0.5, 0.6) is 0 Å². The fraction of sp³-hybridized carbons (Fsp3) is 1.00. The molecule has 2 atom stereocenters. The van der Waals surface area contributed by atoms with Crippen LogP contribution in [0.1, 0.15) is 12.8 Å². The molecule has 0 aromatic carbocycles. The number of hydrogen-bond donors (Lipinski definition) is 0. The van der Waals surface area contributed by atoms with Crippen LogP contribution in [0.25, 0.3) is 0 Å². The van der Waals surface area contributed by atoms with Gasteiger partial charge in [0.15, 0.2) is 0 Å². The molecule has 0 unspecified atom stereocenters. The van der Waals surface area contributed by atoms with Gasteiger partial charge < -0.3 is 14.2 Å². The molecule has 1 saturated heterocycles. The van der Waals surface area contributed by atoms with E-state index in [4.69, 9.17) is 14.2 Å². The van der Waals surface area contributed by atoms with Gasteiger partial charge in [-0.1, -0.05) is 0 Å². The molecule has 0 bridgehead atoms. The Hall–Kier alpha value is -0.120. The van der Waals surface area contributed by atoms with Gasteiger partial charge in [-0.3, -0.25) is 0 Å². The predicted molar refractivity (Wildman–Crippen MR) is 41.6 cm³/mol. The summed E-state index contributed by atoms with van der Waals surface area (Å²) in [6, 6.07) is 0. The Morgan fingerprint density at radius 2 is 1.55 bits per heavy atom. The molecule has 1 rings (SSSR count). The third-order valence-electron chi connectivity index (χ3n) is 1.90. The van der Waals surface area contributed by atoms with Crippen LogP contribution in [0.3, 0.4) is 0 Å². The average Bonchev–Trinajstić information content (AvgIpc) is 2.38. The normalized spacial score (nSPS) is 31.1. The van der Waals surface area contributed by atoms with E-state index in [-0.39, 0.29) is 0 Å². The third kappa shape index (κ3) is 2.77. The molecule has 1 aliphatic rings. The van der Waals surface area contributed by atoms with E-state index in [1.807, 2.05) is 0 Å². The summed E-state index contributed by atoms with van der Waals surface area (Å²) in [7, 11) is 3.40. The molecule has 3 heteroatoms. The first-order chi connectivity index (χ1) is 5.36. The summed E-state index contributed by atoms with van der Waals surface area (Å²) < 4.78 is 15.6. The molecule has 0 spiro atoms. The highest BCUT2D eigenvalue weighted by atomic mass is 16.6. The minimum absolute atomic E-state index is 0.292. The molecule has 3 nitrogen and oxygen atoms in total. The van der Waals surface area contributed by atoms with Crippen LogP contribution in [0.4, 0.5) is 0 Å². The van der Waals surface area contributed by atoms with Crippen molar-refractivity contribution in [2.24, 2.45) is 0 Å². The van der Waals surface area contributed by atoms with Gasteiger partial charge in [0.05, 0.1) is 25.4 Å². The van der Waals surface area contributed by atoms with Crippen LogP contribution in [0.15, 0.2) is 0 Å². The summed E-state index contributed by atoms with van der Waals surface area (Å²) in [5, 5.41) is 0. The fourth-order valence-corrected chi connectivity index (χ4v) is 1.40. The Kier molecular flexibility index (Phi) is 3.83. The van der Waals surface area contributed by atoms with Crippen molar-refractivity contribution in [3.8, 4) is 0 Å². The van der Waals surface area contributed by atoms with Crippen molar-refractivity contribution in [2.45, 2.75) is 25.0 Å². The maximum atomic E-state index is 5.59. The van der Waals surface area contributed by atoms with Crippen LogP contribution in [-0.4, -0.2) is 39.6 Å². The van der Waals surface area contributed by atoms with Crippen molar-refractivity contribution in [3.05, 3.63) is 0 Å². The Morgan fingerprint density at radius 3 is 1.91 bits per heavy atom. The fourth-order valence-electron chi connectivity index (χ4n) is 1.40. The van der Waals surface area contributed by atoms with Crippen LogP contribution in [-0.2, 0) is 14.2 Å². The van der Waals surface area contributed by atoms with Crippen molar-refractivity contribution in [1.29, 1.82) is 0 Å². The van der Waals surface area contributed by atoms with E-state index in [9.17, 15) is 0 Å². The number of methoxy groups -OCH3 is 2. The zero-order chi connectivity index (χ0) is 8.10. The Bertz CT molecular complexity index is 93.5. The second-order valence-corrected chi connectivity index (χ2v) is 2.87. The van der Waals surface area contributed by atoms with Crippen LogP contribution in [0, 0.1) is 0 Å². The largest absolute Gasteiger partial charge is 0.382 e. The highest BCUT2D eigenvalue weighted by molar-refractivity contribution is 4.72. The summed E-state index contributed by atoms with van der Waals surface area (Å²) in [6.07, 6.45) is 2.78. The van der Waals surface area contributed by atoms with Gasteiger partial charge >= 0.3 is 0 Å². The molecule has 0 radical (unpaired) electrons. The zero-order valence-corrected chi connectivity index (χ0v) is 7.21. The van der Waals surface area contributed by atoms with Crippen molar-refractivity contribution in [2.75, 3.05) is 27.4 Å². The minimum atomic E-state index is 0.292. The zero-order valence-electron chi connectivity index (χ0n) is 7.21. The van der Waals surface area contributed by atoms with Gasteiger partial charge in [-0.05, 0) is 12.8 Å². The lowest BCUT2D eigenvalue weighted by atomic mass is 10.2. The first kappa shape index (κ1) is 8.97. The van der Waals surface area contributed by atoms with Gasteiger partial charge in [0, 0.05) is 14.2 Å². The molecule has 0 amide bonds. The van der Waals surface area contributed by atoms with Crippen LogP contribution < -0.4 is 0 Å². The first-order valence-corrected chi connectivity index (χ1v) is 4.00. The summed E-state index contributed by atoms with van der Waals surface area (Å²) >= 11 is 0. The summed E-state index contributed by atoms with van der Waals surface area (Å²) in [6.45, 7) is 1.42. The van der Waals surface area contributed by atoms with Gasteiger partial charge in [0.1, 0.15) is 0 Å². The van der Waals surface area contributed by atoms with E-state index >= 15 is 0 Å². The quantitative estimate of drug-likeness (QED) is 0.609. The van der Waals surface area contributed by atoms with Crippen LogP contribution in [0.2, 0.25) is 0 Å². The van der Waals surface area contributed by atoms with E-state index in [0.29, 0.717) is 25.4 Å². The van der Waals surface area contributed by atoms with Crippen molar-refractivity contribution < 1.29 is 14.2 Å². The summed E-state index contributed by atoms with van der Waals surface area (Å²) in [5.41, 5.74) is 0. The number of hydrogen-bond acceptors (Lipinski definition) is 3. The lowest BCUT2D eigenvalue weighted by molar-refractivity contribution is -0.0294.